The summed E-state index contributed by atoms with van der Waals surface area (Å²) in [7, 11) is 1.56. The molecule has 0 aliphatic carbocycles. The number of methoxy groups -OCH3 is 1. The van der Waals surface area contributed by atoms with Crippen molar-refractivity contribution in [1.82, 2.24) is 10.6 Å². The fourth-order valence-corrected chi connectivity index (χ4v) is 3.21. The lowest BCUT2D eigenvalue weighted by atomic mass is 9.95. The molecule has 0 saturated carbocycles. The number of allylic oxidation sites excluding steroid dienone is 1. The minimum absolute atomic E-state index is 0.310. The van der Waals surface area contributed by atoms with E-state index in [1.807, 2.05) is 37.3 Å². The van der Waals surface area contributed by atoms with E-state index in [4.69, 9.17) is 14.2 Å². The highest BCUT2D eigenvalue weighted by Gasteiger charge is 2.32. The first-order chi connectivity index (χ1) is 14.5. The highest BCUT2D eigenvalue weighted by atomic mass is 16.5. The minimum Gasteiger partial charge on any atom is -0.493 e. The van der Waals surface area contributed by atoms with Gasteiger partial charge in [0.05, 0.1) is 25.3 Å². The molecule has 2 aromatic carbocycles. The van der Waals surface area contributed by atoms with Crippen LogP contribution >= 0.6 is 0 Å². The molecule has 0 spiro atoms. The van der Waals surface area contributed by atoms with Crippen LogP contribution in [0.5, 0.6) is 11.5 Å². The Hall–Kier alpha value is -3.48. The van der Waals surface area contributed by atoms with Crippen molar-refractivity contribution in [1.29, 1.82) is 0 Å². The van der Waals surface area contributed by atoms with E-state index < -0.39 is 12.0 Å². The van der Waals surface area contributed by atoms with Crippen molar-refractivity contribution in [3.8, 4) is 11.5 Å². The van der Waals surface area contributed by atoms with Crippen LogP contribution in [0.15, 0.2) is 59.8 Å². The summed E-state index contributed by atoms with van der Waals surface area (Å²) in [5.74, 6) is 0.616. The van der Waals surface area contributed by atoms with Crippen LogP contribution in [0.4, 0.5) is 4.79 Å². The number of rotatable bonds is 8. The third kappa shape index (κ3) is 4.92. The Labute approximate surface area is 176 Å². The number of nitrogens with one attached hydrogen (secondary N) is 2. The molecule has 0 fully saturated rings. The van der Waals surface area contributed by atoms with Crippen LogP contribution in [0, 0.1) is 0 Å². The maximum Gasteiger partial charge on any atom is 0.338 e. The molecule has 7 heteroatoms. The SMILES string of the molecule is CCCOC(=O)C1=C(C)NC(=O)NC1c1ccc(OC)c(OCc2ccccc2)c1. The predicted octanol–water partition coefficient (Wildman–Crippen LogP) is 3.86. The van der Waals surface area contributed by atoms with Gasteiger partial charge >= 0.3 is 12.0 Å². The molecule has 1 heterocycles. The summed E-state index contributed by atoms with van der Waals surface area (Å²) in [5, 5.41) is 5.45. The average molecular weight is 410 g/mol. The number of carbonyl (C=O) groups excluding carboxylic acids is 2. The highest BCUT2D eigenvalue weighted by molar-refractivity contribution is 5.95. The van der Waals surface area contributed by atoms with Gasteiger partial charge in [0.15, 0.2) is 11.5 Å². The van der Waals surface area contributed by atoms with Crippen LogP contribution in [-0.2, 0) is 16.1 Å². The third-order valence-corrected chi connectivity index (χ3v) is 4.68. The number of ether oxygens (including phenoxy) is 3. The predicted molar refractivity (Wildman–Crippen MR) is 112 cm³/mol. The zero-order valence-electron chi connectivity index (χ0n) is 17.4. The van der Waals surface area contributed by atoms with Crippen LogP contribution in [-0.4, -0.2) is 25.7 Å². The van der Waals surface area contributed by atoms with E-state index >= 15 is 0 Å². The Morgan fingerprint density at radius 3 is 2.57 bits per heavy atom. The van der Waals surface area contributed by atoms with Gasteiger partial charge < -0.3 is 24.8 Å². The van der Waals surface area contributed by atoms with Crippen LogP contribution in [0.1, 0.15) is 37.4 Å². The number of benzene rings is 2. The summed E-state index contributed by atoms with van der Waals surface area (Å²) < 4.78 is 16.7. The Balaban J connectivity index is 1.91. The maximum atomic E-state index is 12.6. The molecule has 0 bridgehead atoms. The monoisotopic (exact) mass is 410 g/mol. The summed E-state index contributed by atoms with van der Waals surface area (Å²) in [5.41, 5.74) is 2.53. The van der Waals surface area contributed by atoms with Crippen molar-refractivity contribution in [2.75, 3.05) is 13.7 Å². The second kappa shape index (κ2) is 9.82. The summed E-state index contributed by atoms with van der Waals surface area (Å²) in [6.07, 6.45) is 0.711. The first-order valence-corrected chi connectivity index (χ1v) is 9.83. The normalized spacial score (nSPS) is 15.8. The van der Waals surface area contributed by atoms with Crippen LogP contribution in [0.2, 0.25) is 0 Å². The highest BCUT2D eigenvalue weighted by Crippen LogP contribution is 2.35. The number of hydrogen-bond donors (Lipinski definition) is 2. The van der Waals surface area contributed by atoms with Gasteiger partial charge in [0.25, 0.3) is 0 Å². The van der Waals surface area contributed by atoms with Gasteiger partial charge in [-0.15, -0.1) is 0 Å². The number of carbonyl (C=O) groups is 2. The number of hydrogen-bond acceptors (Lipinski definition) is 5. The summed E-state index contributed by atoms with van der Waals surface area (Å²) in [6.45, 7) is 4.28. The molecule has 1 unspecified atom stereocenters. The van der Waals surface area contributed by atoms with Gasteiger partial charge in [0, 0.05) is 5.70 Å². The van der Waals surface area contributed by atoms with Crippen molar-refractivity contribution in [3.05, 3.63) is 70.9 Å². The smallest absolute Gasteiger partial charge is 0.338 e. The van der Waals surface area contributed by atoms with E-state index in [2.05, 4.69) is 10.6 Å². The first-order valence-electron chi connectivity index (χ1n) is 9.83. The van der Waals surface area contributed by atoms with Crippen molar-refractivity contribution in [3.63, 3.8) is 0 Å². The van der Waals surface area contributed by atoms with Gasteiger partial charge in [-0.1, -0.05) is 43.3 Å². The Kier molecular flexibility index (Phi) is 6.95. The molecule has 3 rings (SSSR count). The quantitative estimate of drug-likeness (QED) is 0.646. The fourth-order valence-electron chi connectivity index (χ4n) is 3.21. The standard InChI is InChI=1S/C23H26N2O5/c1-4-12-29-22(26)20-15(2)24-23(27)25-21(20)17-10-11-18(28-3)19(13-17)30-14-16-8-6-5-7-9-16/h5-11,13,21H,4,12,14H2,1-3H3,(H2,24,25,27). The molecule has 0 saturated heterocycles. The van der Waals surface area contributed by atoms with E-state index in [-0.39, 0.29) is 6.03 Å². The molecule has 1 aliphatic rings. The molecule has 0 radical (unpaired) electrons. The number of esters is 1. The van der Waals surface area contributed by atoms with Crippen molar-refractivity contribution in [2.45, 2.75) is 32.9 Å². The zero-order valence-corrected chi connectivity index (χ0v) is 17.4. The Morgan fingerprint density at radius 2 is 1.87 bits per heavy atom. The van der Waals surface area contributed by atoms with E-state index in [9.17, 15) is 9.59 Å². The van der Waals surface area contributed by atoms with Gasteiger partial charge in [0.2, 0.25) is 0 Å². The molecular formula is C23H26N2O5. The van der Waals surface area contributed by atoms with Crippen LogP contribution in [0.25, 0.3) is 0 Å². The van der Waals surface area contributed by atoms with Gasteiger partial charge in [-0.25, -0.2) is 9.59 Å². The Morgan fingerprint density at radius 1 is 1.10 bits per heavy atom. The largest absolute Gasteiger partial charge is 0.493 e. The average Bonchev–Trinajstić information content (AvgIpc) is 2.76. The molecule has 30 heavy (non-hydrogen) atoms. The minimum atomic E-state index is -0.659. The molecule has 2 aromatic rings. The van der Waals surface area contributed by atoms with Gasteiger partial charge in [-0.2, -0.15) is 0 Å². The van der Waals surface area contributed by atoms with Gasteiger partial charge in [-0.05, 0) is 36.6 Å². The third-order valence-electron chi connectivity index (χ3n) is 4.68. The molecule has 0 aromatic heterocycles. The van der Waals surface area contributed by atoms with E-state index in [0.29, 0.717) is 48.0 Å². The molecule has 1 atom stereocenters. The lowest BCUT2D eigenvalue weighted by Gasteiger charge is -2.28. The molecule has 7 nitrogen and oxygen atoms in total. The lowest BCUT2D eigenvalue weighted by Crippen LogP contribution is -2.45. The lowest BCUT2D eigenvalue weighted by molar-refractivity contribution is -0.139. The number of amides is 2. The van der Waals surface area contributed by atoms with Crippen molar-refractivity contribution >= 4 is 12.0 Å². The summed E-state index contributed by atoms with van der Waals surface area (Å²) in [4.78, 5) is 24.7. The molecule has 1 aliphatic heterocycles. The van der Waals surface area contributed by atoms with Gasteiger partial charge in [-0.3, -0.25) is 0 Å². The van der Waals surface area contributed by atoms with Crippen molar-refractivity contribution in [2.24, 2.45) is 0 Å². The first kappa shape index (κ1) is 21.2. The zero-order chi connectivity index (χ0) is 21.5. The molecule has 2 N–H and O–H groups in total. The van der Waals surface area contributed by atoms with Crippen LogP contribution in [0.3, 0.4) is 0 Å². The van der Waals surface area contributed by atoms with E-state index in [1.165, 1.54) is 0 Å². The molecule has 158 valence electrons. The second-order valence-electron chi connectivity index (χ2n) is 6.89. The fraction of sp³-hybridized carbons (Fsp3) is 0.304. The summed E-state index contributed by atoms with van der Waals surface area (Å²) in [6, 6.07) is 14.1. The number of urea groups is 1. The summed E-state index contributed by atoms with van der Waals surface area (Å²) >= 11 is 0. The van der Waals surface area contributed by atoms with Crippen LogP contribution < -0.4 is 20.1 Å². The van der Waals surface area contributed by atoms with E-state index in [0.717, 1.165) is 5.56 Å². The maximum absolute atomic E-state index is 12.6. The van der Waals surface area contributed by atoms with Gasteiger partial charge in [0.1, 0.15) is 6.61 Å². The molecular weight excluding hydrogens is 384 g/mol. The van der Waals surface area contributed by atoms with Crippen molar-refractivity contribution < 1.29 is 23.8 Å². The second-order valence-corrected chi connectivity index (χ2v) is 6.89. The topological polar surface area (TPSA) is 85.9 Å². The Bertz CT molecular complexity index is 940. The molecule has 2 amide bonds. The van der Waals surface area contributed by atoms with E-state index in [1.54, 1.807) is 32.2 Å².